The minimum atomic E-state index is -4.67. The molecule has 20 heavy (non-hydrogen) atoms. The van der Waals surface area contributed by atoms with Crippen LogP contribution in [0.3, 0.4) is 0 Å². The highest BCUT2D eigenvalue weighted by atomic mass is 19.4. The lowest BCUT2D eigenvalue weighted by molar-refractivity contribution is -0.208. The third kappa shape index (κ3) is 6.06. The summed E-state index contributed by atoms with van der Waals surface area (Å²) in [5.41, 5.74) is 0. The van der Waals surface area contributed by atoms with E-state index in [1.165, 1.54) is 12.0 Å². The molecule has 5 nitrogen and oxygen atoms in total. The van der Waals surface area contributed by atoms with Crippen LogP contribution in [-0.4, -0.2) is 67.7 Å². The van der Waals surface area contributed by atoms with E-state index in [1.807, 2.05) is 0 Å². The number of hydrogen-bond acceptors (Lipinski definition) is 5. The molecule has 1 aliphatic heterocycles. The summed E-state index contributed by atoms with van der Waals surface area (Å²) in [6.45, 7) is 0.390. The summed E-state index contributed by atoms with van der Waals surface area (Å²) < 4.78 is 47.0. The van der Waals surface area contributed by atoms with Crippen molar-refractivity contribution in [1.82, 2.24) is 4.90 Å². The Hall–Kier alpha value is -0.860. The van der Waals surface area contributed by atoms with Gasteiger partial charge in [-0.3, -0.25) is 9.69 Å². The smallest absolute Gasteiger partial charge is 0.415 e. The molecule has 0 bridgehead atoms. The molecule has 0 radical (unpaired) electrons. The highest BCUT2D eigenvalue weighted by molar-refractivity contribution is 5.69. The van der Waals surface area contributed by atoms with Crippen molar-refractivity contribution in [3.05, 3.63) is 0 Å². The maximum Gasteiger partial charge on any atom is 0.415 e. The summed E-state index contributed by atoms with van der Waals surface area (Å²) in [6.07, 6.45) is -5.61. The Bertz CT molecular complexity index is 306. The van der Waals surface area contributed by atoms with Gasteiger partial charge in [-0.25, -0.2) is 0 Å². The van der Waals surface area contributed by atoms with E-state index in [2.05, 4.69) is 4.74 Å². The van der Waals surface area contributed by atoms with Crippen LogP contribution in [0.15, 0.2) is 0 Å². The minimum absolute atomic E-state index is 0.0200. The van der Waals surface area contributed by atoms with Crippen molar-refractivity contribution < 1.29 is 32.5 Å². The third-order valence-electron chi connectivity index (χ3n) is 3.15. The largest absolute Gasteiger partial charge is 0.469 e. The van der Waals surface area contributed by atoms with Gasteiger partial charge in [-0.1, -0.05) is 0 Å². The Kier molecular flexibility index (Phi) is 6.70. The summed E-state index contributed by atoms with van der Waals surface area (Å²) in [6, 6.07) is 0. The Morgan fingerprint density at radius 3 is 2.75 bits per heavy atom. The second kappa shape index (κ2) is 7.80. The number of ether oxygens (including phenoxy) is 2. The molecule has 1 aliphatic rings. The number of aliphatic hydroxyl groups is 1. The molecule has 0 aromatic heterocycles. The van der Waals surface area contributed by atoms with Crippen LogP contribution in [0.1, 0.15) is 19.3 Å². The molecule has 8 heteroatoms. The van der Waals surface area contributed by atoms with Gasteiger partial charge in [0.2, 0.25) is 0 Å². The zero-order valence-corrected chi connectivity index (χ0v) is 11.4. The van der Waals surface area contributed by atoms with Crippen molar-refractivity contribution in [2.75, 3.05) is 33.4 Å². The first-order chi connectivity index (χ1) is 9.32. The van der Waals surface area contributed by atoms with Gasteiger partial charge >= 0.3 is 12.1 Å². The fourth-order valence-electron chi connectivity index (χ4n) is 2.03. The maximum atomic E-state index is 12.4. The molecule has 0 aliphatic carbocycles. The molecular weight excluding hydrogens is 279 g/mol. The van der Waals surface area contributed by atoms with Gasteiger partial charge in [0.05, 0.1) is 19.6 Å². The van der Waals surface area contributed by atoms with Crippen LogP contribution < -0.4 is 0 Å². The van der Waals surface area contributed by atoms with Gasteiger partial charge in [0.15, 0.2) is 6.10 Å². The molecule has 0 saturated carbocycles. The molecule has 1 fully saturated rings. The minimum Gasteiger partial charge on any atom is -0.469 e. The topological polar surface area (TPSA) is 59.0 Å². The molecule has 118 valence electrons. The predicted octanol–water partition coefficient (Wildman–Crippen LogP) is 0.954. The summed E-state index contributed by atoms with van der Waals surface area (Å²) in [4.78, 5) is 12.5. The van der Waals surface area contributed by atoms with Gasteiger partial charge in [-0.05, 0) is 12.8 Å². The second-order valence-electron chi connectivity index (χ2n) is 4.78. The van der Waals surface area contributed by atoms with Crippen LogP contribution in [0.4, 0.5) is 13.2 Å². The van der Waals surface area contributed by atoms with Crippen molar-refractivity contribution >= 4 is 5.97 Å². The average molecular weight is 299 g/mol. The van der Waals surface area contributed by atoms with Gasteiger partial charge in [-0.15, -0.1) is 0 Å². The highest BCUT2D eigenvalue weighted by Gasteiger charge is 2.39. The summed E-state index contributed by atoms with van der Waals surface area (Å²) in [5.74, 6) is -0.496. The summed E-state index contributed by atoms with van der Waals surface area (Å²) in [5, 5.41) is 9.13. The molecular formula is C12H20F3NO4. The van der Waals surface area contributed by atoms with Crippen LogP contribution in [0.25, 0.3) is 0 Å². The van der Waals surface area contributed by atoms with E-state index >= 15 is 0 Å². The number of halogens is 3. The quantitative estimate of drug-likeness (QED) is 0.709. The van der Waals surface area contributed by atoms with E-state index in [1.54, 1.807) is 0 Å². The van der Waals surface area contributed by atoms with Gasteiger partial charge in [-0.2, -0.15) is 13.2 Å². The predicted molar refractivity (Wildman–Crippen MR) is 64.1 cm³/mol. The molecule has 1 saturated heterocycles. The number of hydrogen-bond donors (Lipinski definition) is 1. The number of carbonyl (C=O) groups is 1. The Morgan fingerprint density at radius 1 is 1.55 bits per heavy atom. The maximum absolute atomic E-state index is 12.4. The van der Waals surface area contributed by atoms with Gasteiger partial charge in [0, 0.05) is 26.2 Å². The van der Waals surface area contributed by atoms with Crippen LogP contribution >= 0.6 is 0 Å². The van der Waals surface area contributed by atoms with Crippen LogP contribution in [0, 0.1) is 0 Å². The SMILES string of the molecule is COC(=O)CCN(CC1CCCO1)CC(O)C(F)(F)F. The molecule has 0 aromatic rings. The van der Waals surface area contributed by atoms with Crippen LogP contribution in [0.2, 0.25) is 0 Å². The molecule has 1 N–H and O–H groups in total. The first-order valence-corrected chi connectivity index (χ1v) is 6.48. The lowest BCUT2D eigenvalue weighted by Gasteiger charge is -2.27. The first kappa shape index (κ1) is 17.2. The molecule has 0 spiro atoms. The van der Waals surface area contributed by atoms with Gasteiger partial charge < -0.3 is 14.6 Å². The fraction of sp³-hybridized carbons (Fsp3) is 0.917. The number of alkyl halides is 3. The molecule has 1 rings (SSSR count). The lowest BCUT2D eigenvalue weighted by atomic mass is 10.2. The highest BCUT2D eigenvalue weighted by Crippen LogP contribution is 2.22. The van der Waals surface area contributed by atoms with Crippen molar-refractivity contribution in [2.45, 2.75) is 37.6 Å². The Morgan fingerprint density at radius 2 is 2.25 bits per heavy atom. The third-order valence-corrected chi connectivity index (χ3v) is 3.15. The van der Waals surface area contributed by atoms with Gasteiger partial charge in [0.25, 0.3) is 0 Å². The second-order valence-corrected chi connectivity index (χ2v) is 4.78. The normalized spacial score (nSPS) is 21.2. The van der Waals surface area contributed by atoms with Gasteiger partial charge in [0.1, 0.15) is 0 Å². The number of rotatable bonds is 7. The number of carbonyl (C=O) groups excluding carboxylic acids is 1. The van der Waals surface area contributed by atoms with Crippen molar-refractivity contribution in [1.29, 1.82) is 0 Å². The van der Waals surface area contributed by atoms with Crippen molar-refractivity contribution in [3.63, 3.8) is 0 Å². The lowest BCUT2D eigenvalue weighted by Crippen LogP contribution is -2.44. The van der Waals surface area contributed by atoms with Crippen molar-refractivity contribution in [2.24, 2.45) is 0 Å². The number of esters is 1. The van der Waals surface area contributed by atoms with Crippen LogP contribution in [-0.2, 0) is 14.3 Å². The average Bonchev–Trinajstić information content (AvgIpc) is 2.87. The van der Waals surface area contributed by atoms with E-state index in [-0.39, 0.29) is 25.6 Å². The first-order valence-electron chi connectivity index (χ1n) is 6.48. The molecule has 2 unspecified atom stereocenters. The number of methoxy groups -OCH3 is 1. The zero-order chi connectivity index (χ0) is 15.2. The molecule has 0 amide bonds. The van der Waals surface area contributed by atoms with E-state index in [0.717, 1.165) is 12.8 Å². The molecule has 0 aromatic carbocycles. The van der Waals surface area contributed by atoms with E-state index in [9.17, 15) is 18.0 Å². The Balaban J connectivity index is 2.50. The number of nitrogens with zero attached hydrogens (tertiary/aromatic N) is 1. The molecule has 1 heterocycles. The summed E-state index contributed by atoms with van der Waals surface area (Å²) in [7, 11) is 1.22. The fourth-order valence-corrected chi connectivity index (χ4v) is 2.03. The van der Waals surface area contributed by atoms with E-state index in [0.29, 0.717) is 6.61 Å². The zero-order valence-electron chi connectivity index (χ0n) is 11.4. The standard InChI is InChI=1S/C12H20F3NO4/c1-19-11(18)4-5-16(7-9-3-2-6-20-9)8-10(17)12(13,14)15/h9-10,17H,2-8H2,1H3. The van der Waals surface area contributed by atoms with E-state index in [4.69, 9.17) is 9.84 Å². The van der Waals surface area contributed by atoms with Crippen LogP contribution in [0.5, 0.6) is 0 Å². The van der Waals surface area contributed by atoms with Crippen molar-refractivity contribution in [3.8, 4) is 0 Å². The summed E-state index contributed by atoms with van der Waals surface area (Å²) >= 11 is 0. The monoisotopic (exact) mass is 299 g/mol. The van der Waals surface area contributed by atoms with E-state index < -0.39 is 24.8 Å². The Labute approximate surface area is 115 Å². The molecule has 2 atom stereocenters. The number of aliphatic hydroxyl groups excluding tert-OH is 1.